The molecule has 10 nitrogen and oxygen atoms in total. The molecule has 4 heterocycles. The van der Waals surface area contributed by atoms with Gasteiger partial charge in [0.2, 0.25) is 11.8 Å². The third kappa shape index (κ3) is 3.11. The van der Waals surface area contributed by atoms with Crippen LogP contribution in [0.4, 0.5) is 16.3 Å². The number of rotatable bonds is 3. The van der Waals surface area contributed by atoms with Gasteiger partial charge in [-0.1, -0.05) is 0 Å². The van der Waals surface area contributed by atoms with Crippen molar-refractivity contribution in [3.63, 3.8) is 0 Å². The van der Waals surface area contributed by atoms with Crippen LogP contribution >= 0.6 is 0 Å². The fourth-order valence-electron chi connectivity index (χ4n) is 4.43. The van der Waals surface area contributed by atoms with E-state index in [2.05, 4.69) is 15.3 Å². The third-order valence-electron chi connectivity index (χ3n) is 5.94. The van der Waals surface area contributed by atoms with Crippen LogP contribution in [0, 0.1) is 0 Å². The Morgan fingerprint density at radius 3 is 2.71 bits per heavy atom. The van der Waals surface area contributed by atoms with Crippen LogP contribution in [0.15, 0.2) is 36.8 Å². The molecule has 0 saturated carbocycles. The number of benzene rings is 1. The Morgan fingerprint density at radius 1 is 1.13 bits per heavy atom. The molecule has 1 N–H and O–H groups in total. The maximum Gasteiger partial charge on any atom is 0.330 e. The first-order chi connectivity index (χ1) is 14.9. The molecule has 2 atom stereocenters. The molecule has 5 rings (SSSR count). The largest absolute Gasteiger partial charge is 0.330 e. The molecule has 0 spiro atoms. The van der Waals surface area contributed by atoms with Gasteiger partial charge in [-0.2, -0.15) is 0 Å². The number of imide groups is 1. The Balaban J connectivity index is 1.39. The molecule has 3 aliphatic heterocycles. The van der Waals surface area contributed by atoms with Gasteiger partial charge in [0, 0.05) is 43.2 Å². The topological polar surface area (TPSA) is 116 Å². The summed E-state index contributed by atoms with van der Waals surface area (Å²) < 4.78 is 0. The molecule has 31 heavy (non-hydrogen) atoms. The summed E-state index contributed by atoms with van der Waals surface area (Å²) in [6.07, 6.45) is 5.17. The van der Waals surface area contributed by atoms with Crippen molar-refractivity contribution in [2.75, 3.05) is 16.3 Å². The van der Waals surface area contributed by atoms with Crippen molar-refractivity contribution in [3.8, 4) is 0 Å². The Labute approximate surface area is 177 Å². The number of hydrogen-bond donors (Lipinski definition) is 1. The number of amides is 5. The summed E-state index contributed by atoms with van der Waals surface area (Å²) in [5, 5.41) is 2.30. The minimum absolute atomic E-state index is 0.0981. The first-order valence-electron chi connectivity index (χ1n) is 10.1. The Kier molecular flexibility index (Phi) is 4.42. The second-order valence-electron chi connectivity index (χ2n) is 7.92. The van der Waals surface area contributed by atoms with E-state index in [-0.39, 0.29) is 36.9 Å². The lowest BCUT2D eigenvalue weighted by molar-refractivity contribution is -0.136. The smallest absolute Gasteiger partial charge is 0.322 e. The summed E-state index contributed by atoms with van der Waals surface area (Å²) in [7, 11) is 0. The van der Waals surface area contributed by atoms with Gasteiger partial charge < -0.3 is 4.90 Å². The van der Waals surface area contributed by atoms with Crippen LogP contribution in [0.25, 0.3) is 0 Å². The molecule has 158 valence electrons. The van der Waals surface area contributed by atoms with Crippen molar-refractivity contribution in [2.24, 2.45) is 0 Å². The van der Waals surface area contributed by atoms with Crippen LogP contribution in [-0.2, 0) is 16.1 Å². The maximum absolute atomic E-state index is 13.1. The van der Waals surface area contributed by atoms with E-state index in [0.717, 1.165) is 5.56 Å². The van der Waals surface area contributed by atoms with E-state index in [4.69, 9.17) is 0 Å². The zero-order chi connectivity index (χ0) is 21.7. The molecular weight excluding hydrogens is 400 g/mol. The van der Waals surface area contributed by atoms with Crippen molar-refractivity contribution < 1.29 is 19.2 Å². The lowest BCUT2D eigenvalue weighted by Crippen LogP contribution is -2.52. The Hall–Kier alpha value is -3.82. The predicted molar refractivity (Wildman–Crippen MR) is 109 cm³/mol. The van der Waals surface area contributed by atoms with E-state index < -0.39 is 11.9 Å². The molecular formula is C21H20N6O4. The number of aromatic nitrogens is 2. The monoisotopic (exact) mass is 420 g/mol. The van der Waals surface area contributed by atoms with E-state index in [1.807, 2.05) is 13.0 Å². The highest BCUT2D eigenvalue weighted by molar-refractivity contribution is 6.08. The number of nitrogens with one attached hydrogen (secondary N) is 1. The fourth-order valence-corrected chi connectivity index (χ4v) is 4.43. The van der Waals surface area contributed by atoms with E-state index in [1.165, 1.54) is 4.90 Å². The quantitative estimate of drug-likeness (QED) is 0.743. The highest BCUT2D eigenvalue weighted by Gasteiger charge is 2.41. The van der Waals surface area contributed by atoms with Crippen LogP contribution < -0.4 is 15.1 Å². The summed E-state index contributed by atoms with van der Waals surface area (Å²) in [5.74, 6) is -0.510. The molecule has 2 saturated heterocycles. The third-order valence-corrected chi connectivity index (χ3v) is 5.94. The Morgan fingerprint density at radius 2 is 1.97 bits per heavy atom. The van der Waals surface area contributed by atoms with Gasteiger partial charge >= 0.3 is 6.03 Å². The zero-order valence-electron chi connectivity index (χ0n) is 16.8. The van der Waals surface area contributed by atoms with Gasteiger partial charge in [-0.3, -0.25) is 34.5 Å². The lowest BCUT2D eigenvalue weighted by atomic mass is 10.0. The summed E-state index contributed by atoms with van der Waals surface area (Å²) in [6.45, 7) is 2.67. The van der Waals surface area contributed by atoms with Crippen LogP contribution in [0.3, 0.4) is 0 Å². The average molecular weight is 420 g/mol. The molecule has 2 fully saturated rings. The van der Waals surface area contributed by atoms with Crippen LogP contribution in [-0.4, -0.2) is 57.2 Å². The minimum Gasteiger partial charge on any atom is -0.322 e. The number of carbonyl (C=O) groups is 4. The van der Waals surface area contributed by atoms with E-state index in [9.17, 15) is 19.2 Å². The summed E-state index contributed by atoms with van der Waals surface area (Å²) in [5.41, 5.74) is 1.95. The maximum atomic E-state index is 13.1. The van der Waals surface area contributed by atoms with E-state index in [0.29, 0.717) is 30.0 Å². The van der Waals surface area contributed by atoms with E-state index in [1.54, 1.807) is 40.5 Å². The van der Waals surface area contributed by atoms with Gasteiger partial charge in [-0.25, -0.2) is 9.78 Å². The number of anilines is 2. The van der Waals surface area contributed by atoms with Gasteiger partial charge in [0.05, 0.1) is 12.2 Å². The first-order valence-corrected chi connectivity index (χ1v) is 10.1. The van der Waals surface area contributed by atoms with Crippen molar-refractivity contribution in [1.82, 2.24) is 20.2 Å². The summed E-state index contributed by atoms with van der Waals surface area (Å²) in [6, 6.07) is 4.29. The van der Waals surface area contributed by atoms with Gasteiger partial charge in [0.15, 0.2) is 5.82 Å². The fraction of sp³-hybridized carbons (Fsp3) is 0.333. The van der Waals surface area contributed by atoms with Crippen LogP contribution in [0.2, 0.25) is 0 Å². The number of piperidine rings is 1. The molecule has 2 aromatic rings. The number of hydrogen-bond acceptors (Lipinski definition) is 6. The number of fused-ring (bicyclic) bond motifs is 1. The molecule has 3 aliphatic rings. The minimum atomic E-state index is -0.665. The summed E-state index contributed by atoms with van der Waals surface area (Å²) >= 11 is 0. The normalized spacial score (nSPS) is 23.5. The van der Waals surface area contributed by atoms with Crippen LogP contribution in [0.1, 0.15) is 35.7 Å². The SMILES string of the molecule is C[C@@H]1CN(c2ccc3c(c2)CN(C2CCC(=O)NC2=O)C3=O)C(=O)N1c1cnccn1. The number of urea groups is 1. The molecule has 1 unspecified atom stereocenters. The Bertz CT molecular complexity index is 1100. The van der Waals surface area contributed by atoms with Crippen LogP contribution in [0.5, 0.6) is 0 Å². The second-order valence-corrected chi connectivity index (χ2v) is 7.92. The molecule has 0 bridgehead atoms. The molecule has 0 radical (unpaired) electrons. The zero-order valence-corrected chi connectivity index (χ0v) is 16.8. The molecule has 1 aromatic carbocycles. The van der Waals surface area contributed by atoms with Gasteiger partial charge in [0.1, 0.15) is 6.04 Å². The van der Waals surface area contributed by atoms with Crippen molar-refractivity contribution in [3.05, 3.63) is 47.9 Å². The molecule has 10 heteroatoms. The number of nitrogens with zero attached hydrogens (tertiary/aromatic N) is 5. The average Bonchev–Trinajstić information content (AvgIpc) is 3.24. The van der Waals surface area contributed by atoms with Gasteiger partial charge in [0.25, 0.3) is 5.91 Å². The first kappa shape index (κ1) is 19.2. The molecule has 0 aliphatic carbocycles. The van der Waals surface area contributed by atoms with Crippen molar-refractivity contribution in [2.45, 2.75) is 38.4 Å². The predicted octanol–water partition coefficient (Wildman–Crippen LogP) is 1.07. The molecule has 5 amide bonds. The van der Waals surface area contributed by atoms with E-state index >= 15 is 0 Å². The number of carbonyl (C=O) groups excluding carboxylic acids is 4. The van der Waals surface area contributed by atoms with Crippen molar-refractivity contribution in [1.29, 1.82) is 0 Å². The second kappa shape index (κ2) is 7.15. The molecule has 1 aromatic heterocycles. The van der Waals surface area contributed by atoms with Crippen molar-refractivity contribution >= 4 is 35.3 Å². The summed E-state index contributed by atoms with van der Waals surface area (Å²) in [4.78, 5) is 62.6. The standard InChI is InChI=1S/C21H20N6O4/c1-12-10-25(21(31)27(12)17-9-22-6-7-23-17)14-2-3-15-13(8-14)11-26(20(15)30)16-4-5-18(28)24-19(16)29/h2-3,6-9,12,16H,4-5,10-11H2,1H3,(H,24,28,29)/t12-,16?/m1/s1. The van der Waals surface area contributed by atoms with Gasteiger partial charge in [-0.15, -0.1) is 0 Å². The highest BCUT2D eigenvalue weighted by Crippen LogP contribution is 2.33. The highest BCUT2D eigenvalue weighted by atomic mass is 16.2. The lowest BCUT2D eigenvalue weighted by Gasteiger charge is -2.29. The van der Waals surface area contributed by atoms with Gasteiger partial charge in [-0.05, 0) is 37.1 Å².